The Labute approximate surface area is 113 Å². The molecular formula is C10H13BrClN5. The first-order valence-electron chi connectivity index (χ1n) is 5.21. The van der Waals surface area contributed by atoms with E-state index < -0.39 is 0 Å². The molecule has 0 aliphatic carbocycles. The average molecular weight is 319 g/mol. The monoisotopic (exact) mass is 317 g/mol. The van der Waals surface area contributed by atoms with Crippen LogP contribution < -0.4 is 5.73 Å². The third-order valence-corrected chi connectivity index (χ3v) is 3.76. The maximum absolute atomic E-state index is 5.87. The molecule has 2 heterocycles. The van der Waals surface area contributed by atoms with Crippen molar-refractivity contribution >= 4 is 33.3 Å². The minimum Gasteiger partial charge on any atom is -0.381 e. The van der Waals surface area contributed by atoms with Crippen LogP contribution in [0.3, 0.4) is 0 Å². The first-order valence-corrected chi connectivity index (χ1v) is 6.38. The standard InChI is InChI=1S/C10H13BrClN5/c1-3-7-9(11)8(16(2)14-7)5-17-4-6(12)10(13)15-17/h4H,3,5H2,1-2H3,(H2,13,15). The maximum atomic E-state index is 5.87. The number of rotatable bonds is 3. The van der Waals surface area contributed by atoms with E-state index in [2.05, 4.69) is 33.1 Å². The van der Waals surface area contributed by atoms with Gasteiger partial charge in [-0.1, -0.05) is 18.5 Å². The lowest BCUT2D eigenvalue weighted by molar-refractivity contribution is 0.618. The molecule has 0 atom stereocenters. The number of nitrogens with zero attached hydrogens (tertiary/aromatic N) is 4. The summed E-state index contributed by atoms with van der Waals surface area (Å²) < 4.78 is 4.57. The van der Waals surface area contributed by atoms with Crippen molar-refractivity contribution in [3.8, 4) is 0 Å². The lowest BCUT2D eigenvalue weighted by Crippen LogP contribution is -2.06. The van der Waals surface area contributed by atoms with Crippen LogP contribution in [0.25, 0.3) is 0 Å². The summed E-state index contributed by atoms with van der Waals surface area (Å²) in [7, 11) is 1.91. The number of hydrogen-bond donors (Lipinski definition) is 1. The SMILES string of the molecule is CCc1nn(C)c(Cn2cc(Cl)c(N)n2)c1Br. The van der Waals surface area contributed by atoms with Gasteiger partial charge in [0.05, 0.1) is 22.4 Å². The van der Waals surface area contributed by atoms with Gasteiger partial charge >= 0.3 is 0 Å². The van der Waals surface area contributed by atoms with E-state index in [0.717, 1.165) is 22.3 Å². The van der Waals surface area contributed by atoms with Gasteiger partial charge in [0, 0.05) is 13.2 Å². The summed E-state index contributed by atoms with van der Waals surface area (Å²) in [6, 6.07) is 0. The molecular weight excluding hydrogens is 306 g/mol. The van der Waals surface area contributed by atoms with Gasteiger partial charge in [-0.25, -0.2) is 0 Å². The smallest absolute Gasteiger partial charge is 0.164 e. The summed E-state index contributed by atoms with van der Waals surface area (Å²) in [5, 5.41) is 9.01. The van der Waals surface area contributed by atoms with Gasteiger partial charge in [0.15, 0.2) is 5.82 Å². The van der Waals surface area contributed by atoms with E-state index >= 15 is 0 Å². The van der Waals surface area contributed by atoms with Gasteiger partial charge in [0.1, 0.15) is 5.02 Å². The molecule has 2 aromatic rings. The topological polar surface area (TPSA) is 61.7 Å². The Morgan fingerprint density at radius 1 is 1.47 bits per heavy atom. The van der Waals surface area contributed by atoms with Crippen molar-refractivity contribution in [2.24, 2.45) is 7.05 Å². The van der Waals surface area contributed by atoms with Gasteiger partial charge in [-0.05, 0) is 22.4 Å². The van der Waals surface area contributed by atoms with Crippen LogP contribution in [0.1, 0.15) is 18.3 Å². The van der Waals surface area contributed by atoms with Gasteiger partial charge in [-0.15, -0.1) is 0 Å². The van der Waals surface area contributed by atoms with Crippen molar-refractivity contribution in [3.63, 3.8) is 0 Å². The van der Waals surface area contributed by atoms with Gasteiger partial charge < -0.3 is 5.73 Å². The molecule has 2 N–H and O–H groups in total. The molecule has 5 nitrogen and oxygen atoms in total. The summed E-state index contributed by atoms with van der Waals surface area (Å²) in [4.78, 5) is 0. The quantitative estimate of drug-likeness (QED) is 0.944. The Morgan fingerprint density at radius 2 is 2.18 bits per heavy atom. The van der Waals surface area contributed by atoms with Gasteiger partial charge in [0.2, 0.25) is 0 Å². The third kappa shape index (κ3) is 2.32. The van der Waals surface area contributed by atoms with Crippen molar-refractivity contribution in [1.82, 2.24) is 19.6 Å². The van der Waals surface area contributed by atoms with Crippen LogP contribution in [0.5, 0.6) is 0 Å². The van der Waals surface area contributed by atoms with E-state index in [1.165, 1.54) is 0 Å². The highest BCUT2D eigenvalue weighted by molar-refractivity contribution is 9.10. The second-order valence-corrected chi connectivity index (χ2v) is 4.94. The summed E-state index contributed by atoms with van der Waals surface area (Å²) in [6.45, 7) is 2.65. The molecule has 0 amide bonds. The molecule has 0 bridgehead atoms. The molecule has 2 aromatic heterocycles. The number of aryl methyl sites for hydroxylation is 2. The molecule has 92 valence electrons. The highest BCUT2D eigenvalue weighted by atomic mass is 79.9. The lowest BCUT2D eigenvalue weighted by Gasteiger charge is -2.02. The zero-order valence-electron chi connectivity index (χ0n) is 9.61. The number of aromatic nitrogens is 4. The first-order chi connectivity index (χ1) is 8.02. The fourth-order valence-corrected chi connectivity index (χ4v) is 2.53. The summed E-state index contributed by atoms with van der Waals surface area (Å²) in [6.07, 6.45) is 2.60. The lowest BCUT2D eigenvalue weighted by atomic mass is 10.3. The second-order valence-electron chi connectivity index (χ2n) is 3.74. The Kier molecular flexibility index (Phi) is 3.44. The fraction of sp³-hybridized carbons (Fsp3) is 0.400. The van der Waals surface area contributed by atoms with E-state index in [4.69, 9.17) is 17.3 Å². The van der Waals surface area contributed by atoms with Crippen molar-refractivity contribution in [2.45, 2.75) is 19.9 Å². The molecule has 7 heteroatoms. The molecule has 0 saturated carbocycles. The van der Waals surface area contributed by atoms with Crippen molar-refractivity contribution in [1.29, 1.82) is 0 Å². The zero-order chi connectivity index (χ0) is 12.6. The Morgan fingerprint density at radius 3 is 2.65 bits per heavy atom. The zero-order valence-corrected chi connectivity index (χ0v) is 12.0. The Bertz CT molecular complexity index is 526. The van der Waals surface area contributed by atoms with Crippen LogP contribution in [0.2, 0.25) is 5.02 Å². The normalized spacial score (nSPS) is 11.1. The van der Waals surface area contributed by atoms with Gasteiger partial charge in [0.25, 0.3) is 0 Å². The summed E-state index contributed by atoms with van der Waals surface area (Å²) >= 11 is 9.42. The van der Waals surface area contributed by atoms with E-state index in [1.54, 1.807) is 10.9 Å². The largest absolute Gasteiger partial charge is 0.381 e. The average Bonchev–Trinajstić information content (AvgIpc) is 2.73. The van der Waals surface area contributed by atoms with Crippen molar-refractivity contribution in [2.75, 3.05) is 5.73 Å². The van der Waals surface area contributed by atoms with E-state index in [1.807, 2.05) is 11.7 Å². The van der Waals surface area contributed by atoms with E-state index in [-0.39, 0.29) is 0 Å². The number of nitrogens with two attached hydrogens (primary N) is 1. The predicted octanol–water partition coefficient (Wildman–Crippen LogP) is 2.23. The van der Waals surface area contributed by atoms with Gasteiger partial charge in [-0.2, -0.15) is 10.2 Å². The number of halogens is 2. The second kappa shape index (κ2) is 4.70. The fourth-order valence-electron chi connectivity index (χ4n) is 1.64. The van der Waals surface area contributed by atoms with E-state index in [9.17, 15) is 0 Å². The maximum Gasteiger partial charge on any atom is 0.164 e. The summed E-state index contributed by atoms with van der Waals surface area (Å²) in [5.74, 6) is 0.348. The third-order valence-electron chi connectivity index (χ3n) is 2.56. The van der Waals surface area contributed by atoms with Crippen LogP contribution >= 0.6 is 27.5 Å². The molecule has 0 spiro atoms. The highest BCUT2D eigenvalue weighted by Gasteiger charge is 2.14. The predicted molar refractivity (Wildman–Crippen MR) is 71.0 cm³/mol. The Hall–Kier alpha value is -1.01. The van der Waals surface area contributed by atoms with E-state index in [0.29, 0.717) is 17.4 Å². The van der Waals surface area contributed by atoms with Crippen LogP contribution in [0.15, 0.2) is 10.7 Å². The molecule has 0 fully saturated rings. The van der Waals surface area contributed by atoms with Crippen LogP contribution in [-0.2, 0) is 20.0 Å². The van der Waals surface area contributed by atoms with Gasteiger partial charge in [-0.3, -0.25) is 9.36 Å². The van der Waals surface area contributed by atoms with Crippen LogP contribution in [0.4, 0.5) is 5.82 Å². The molecule has 0 aliphatic heterocycles. The minimum atomic E-state index is 0.348. The first kappa shape index (κ1) is 12.4. The van der Waals surface area contributed by atoms with Crippen molar-refractivity contribution in [3.05, 3.63) is 27.1 Å². The highest BCUT2D eigenvalue weighted by Crippen LogP contribution is 2.23. The number of anilines is 1. The molecule has 0 saturated heterocycles. The molecule has 0 unspecified atom stereocenters. The van der Waals surface area contributed by atoms with Crippen LogP contribution in [0, 0.1) is 0 Å². The molecule has 0 aromatic carbocycles. The number of hydrogen-bond acceptors (Lipinski definition) is 3. The number of nitrogen functional groups attached to an aromatic ring is 1. The van der Waals surface area contributed by atoms with Crippen molar-refractivity contribution < 1.29 is 0 Å². The van der Waals surface area contributed by atoms with Crippen LogP contribution in [-0.4, -0.2) is 19.6 Å². The molecule has 17 heavy (non-hydrogen) atoms. The summed E-state index contributed by atoms with van der Waals surface area (Å²) in [5.41, 5.74) is 7.68. The molecule has 0 aliphatic rings. The minimum absolute atomic E-state index is 0.348. The Balaban J connectivity index is 2.32. The molecule has 0 radical (unpaired) electrons. The molecule has 2 rings (SSSR count).